The summed E-state index contributed by atoms with van der Waals surface area (Å²) in [5, 5.41) is 0. The van der Waals surface area contributed by atoms with E-state index in [0.29, 0.717) is 0 Å². The Hall–Kier alpha value is -1.83. The van der Waals surface area contributed by atoms with Gasteiger partial charge in [-0.3, -0.25) is 0 Å². The second-order valence-corrected chi connectivity index (χ2v) is 4.19. The van der Waals surface area contributed by atoms with Crippen LogP contribution in [-0.4, -0.2) is 14.1 Å². The van der Waals surface area contributed by atoms with Gasteiger partial charge < -0.3 is 4.90 Å². The Balaban J connectivity index is 2.31. The van der Waals surface area contributed by atoms with Gasteiger partial charge in [0.15, 0.2) is 12.4 Å². The molecule has 1 heterocycles. The first-order chi connectivity index (χ1) is 7.66. The van der Waals surface area contributed by atoms with Gasteiger partial charge >= 0.3 is 0 Å². The monoisotopic (exact) mass is 213 g/mol. The number of nitrogens with zero attached hydrogens (tertiary/aromatic N) is 2. The molecule has 16 heavy (non-hydrogen) atoms. The molecule has 0 saturated carbocycles. The zero-order chi connectivity index (χ0) is 11.5. The van der Waals surface area contributed by atoms with Crippen LogP contribution in [0.5, 0.6) is 0 Å². The van der Waals surface area contributed by atoms with Gasteiger partial charge in [-0.05, 0) is 6.92 Å². The predicted octanol–water partition coefficient (Wildman–Crippen LogP) is 2.34. The maximum absolute atomic E-state index is 2.13. The van der Waals surface area contributed by atoms with Crippen LogP contribution in [0.25, 0.3) is 5.69 Å². The molecule has 0 amide bonds. The highest BCUT2D eigenvalue weighted by atomic mass is 15.1. The number of anilines is 1. The van der Waals surface area contributed by atoms with E-state index >= 15 is 0 Å². The van der Waals surface area contributed by atoms with Crippen molar-refractivity contribution in [1.29, 1.82) is 0 Å². The molecule has 0 aliphatic rings. The summed E-state index contributed by atoms with van der Waals surface area (Å²) >= 11 is 0. The third-order valence-electron chi connectivity index (χ3n) is 2.66. The molecule has 2 aromatic rings. The van der Waals surface area contributed by atoms with Crippen molar-refractivity contribution < 1.29 is 4.57 Å². The van der Waals surface area contributed by atoms with Gasteiger partial charge in [0, 0.05) is 44.0 Å². The lowest BCUT2D eigenvalue weighted by atomic mass is 10.2. The van der Waals surface area contributed by atoms with Crippen molar-refractivity contribution in [2.75, 3.05) is 19.0 Å². The minimum Gasteiger partial charge on any atom is -0.377 e. The fourth-order valence-electron chi connectivity index (χ4n) is 1.61. The number of benzene rings is 1. The van der Waals surface area contributed by atoms with Crippen LogP contribution >= 0.6 is 0 Å². The van der Waals surface area contributed by atoms with E-state index < -0.39 is 0 Å². The Morgan fingerprint density at radius 3 is 1.94 bits per heavy atom. The molecule has 0 bridgehead atoms. The van der Waals surface area contributed by atoms with Crippen molar-refractivity contribution in [2.45, 2.75) is 6.92 Å². The summed E-state index contributed by atoms with van der Waals surface area (Å²) in [5.41, 5.74) is 3.69. The Kier molecular flexibility index (Phi) is 2.91. The normalized spacial score (nSPS) is 10.2. The maximum atomic E-state index is 2.13. The van der Waals surface area contributed by atoms with E-state index in [1.54, 1.807) is 0 Å². The van der Waals surface area contributed by atoms with Crippen molar-refractivity contribution in [3.05, 3.63) is 54.4 Å². The Morgan fingerprint density at radius 1 is 0.875 bits per heavy atom. The molecule has 82 valence electrons. The second kappa shape index (κ2) is 4.35. The minimum absolute atomic E-state index is 1.19. The molecule has 0 N–H and O–H groups in total. The van der Waals surface area contributed by atoms with Gasteiger partial charge in [0.1, 0.15) is 0 Å². The lowest BCUT2D eigenvalue weighted by molar-refractivity contribution is -0.595. The number of aromatic nitrogens is 1. The van der Waals surface area contributed by atoms with Crippen LogP contribution in [0.15, 0.2) is 48.8 Å². The van der Waals surface area contributed by atoms with Gasteiger partial charge in [-0.1, -0.05) is 17.7 Å². The lowest BCUT2D eigenvalue weighted by Crippen LogP contribution is -2.29. The van der Waals surface area contributed by atoms with Crippen LogP contribution in [-0.2, 0) is 0 Å². The first kappa shape index (κ1) is 10.7. The van der Waals surface area contributed by atoms with E-state index in [9.17, 15) is 0 Å². The van der Waals surface area contributed by atoms with E-state index in [4.69, 9.17) is 0 Å². The number of hydrogen-bond donors (Lipinski definition) is 0. The number of rotatable bonds is 2. The average molecular weight is 213 g/mol. The summed E-state index contributed by atoms with van der Waals surface area (Å²) in [5.74, 6) is 0. The highest BCUT2D eigenvalue weighted by Gasteiger charge is 2.05. The zero-order valence-electron chi connectivity index (χ0n) is 10.0. The topological polar surface area (TPSA) is 7.12 Å². The maximum Gasteiger partial charge on any atom is 0.210 e. The first-order valence-corrected chi connectivity index (χ1v) is 5.42. The van der Waals surface area contributed by atoms with Gasteiger partial charge in [-0.2, -0.15) is 4.57 Å². The van der Waals surface area contributed by atoms with Gasteiger partial charge in [0.25, 0.3) is 0 Å². The average Bonchev–Trinajstić information content (AvgIpc) is 2.30. The summed E-state index contributed by atoms with van der Waals surface area (Å²) in [7, 11) is 4.09. The molecule has 0 radical (unpaired) electrons. The standard InChI is InChI=1S/C14H17N2/c1-12-4-6-14(7-5-12)16-10-8-13(9-11-16)15(2)3/h4-11H,1-3H3/q+1. The molecule has 0 saturated heterocycles. The molecule has 2 heteroatoms. The molecule has 2 rings (SSSR count). The van der Waals surface area contributed by atoms with Crippen molar-refractivity contribution in [2.24, 2.45) is 0 Å². The van der Waals surface area contributed by atoms with E-state index in [0.717, 1.165) is 0 Å². The number of pyridine rings is 1. The molecule has 0 aliphatic carbocycles. The Morgan fingerprint density at radius 2 is 1.44 bits per heavy atom. The van der Waals surface area contributed by atoms with Crippen LogP contribution in [0, 0.1) is 6.92 Å². The summed E-state index contributed by atoms with van der Waals surface area (Å²) < 4.78 is 2.12. The fraction of sp³-hybridized carbons (Fsp3) is 0.214. The van der Waals surface area contributed by atoms with E-state index in [-0.39, 0.29) is 0 Å². The van der Waals surface area contributed by atoms with Crippen molar-refractivity contribution in [3.63, 3.8) is 0 Å². The lowest BCUT2D eigenvalue weighted by Gasteiger charge is -2.10. The number of aryl methyl sites for hydroxylation is 1. The predicted molar refractivity (Wildman–Crippen MR) is 67.0 cm³/mol. The molecular weight excluding hydrogens is 196 g/mol. The molecular formula is C14H17N2+. The van der Waals surface area contributed by atoms with E-state index in [1.165, 1.54) is 16.9 Å². The van der Waals surface area contributed by atoms with Crippen LogP contribution in [0.4, 0.5) is 5.69 Å². The molecule has 0 fully saturated rings. The SMILES string of the molecule is Cc1ccc(-[n+]2ccc(N(C)C)cc2)cc1. The summed E-state index contributed by atoms with van der Waals surface area (Å²) in [6.45, 7) is 2.10. The van der Waals surface area contributed by atoms with Crippen LogP contribution in [0.3, 0.4) is 0 Å². The van der Waals surface area contributed by atoms with Crippen molar-refractivity contribution in [3.8, 4) is 5.69 Å². The third kappa shape index (κ3) is 2.22. The fourth-order valence-corrected chi connectivity index (χ4v) is 1.61. The highest BCUT2D eigenvalue weighted by Crippen LogP contribution is 2.08. The van der Waals surface area contributed by atoms with Gasteiger partial charge in [0.05, 0.1) is 0 Å². The first-order valence-electron chi connectivity index (χ1n) is 5.42. The zero-order valence-corrected chi connectivity index (χ0v) is 10.0. The summed E-state index contributed by atoms with van der Waals surface area (Å²) in [6, 6.07) is 12.7. The van der Waals surface area contributed by atoms with Gasteiger partial charge in [-0.15, -0.1) is 0 Å². The molecule has 0 atom stereocenters. The van der Waals surface area contributed by atoms with Crippen molar-refractivity contribution in [1.82, 2.24) is 0 Å². The molecule has 1 aromatic carbocycles. The van der Waals surface area contributed by atoms with Crippen LogP contribution in [0.2, 0.25) is 0 Å². The van der Waals surface area contributed by atoms with Crippen LogP contribution < -0.4 is 9.47 Å². The molecule has 0 unspecified atom stereocenters. The van der Waals surface area contributed by atoms with Crippen molar-refractivity contribution >= 4 is 5.69 Å². The Bertz CT molecular complexity index is 455. The minimum atomic E-state index is 1.19. The van der Waals surface area contributed by atoms with Gasteiger partial charge in [-0.25, -0.2) is 0 Å². The van der Waals surface area contributed by atoms with Crippen LogP contribution in [0.1, 0.15) is 5.56 Å². The molecule has 2 nitrogen and oxygen atoms in total. The summed E-state index contributed by atoms with van der Waals surface area (Å²) in [6.07, 6.45) is 4.17. The highest BCUT2D eigenvalue weighted by molar-refractivity contribution is 5.41. The van der Waals surface area contributed by atoms with E-state index in [1.807, 2.05) is 14.1 Å². The molecule has 0 spiro atoms. The third-order valence-corrected chi connectivity index (χ3v) is 2.66. The largest absolute Gasteiger partial charge is 0.377 e. The molecule has 0 aliphatic heterocycles. The smallest absolute Gasteiger partial charge is 0.210 e. The van der Waals surface area contributed by atoms with E-state index in [2.05, 4.69) is 65.2 Å². The molecule has 1 aromatic heterocycles. The van der Waals surface area contributed by atoms with Gasteiger partial charge in [0.2, 0.25) is 5.69 Å². The quantitative estimate of drug-likeness (QED) is 0.694. The Labute approximate surface area is 96.8 Å². The second-order valence-electron chi connectivity index (χ2n) is 4.19. The number of hydrogen-bond acceptors (Lipinski definition) is 1. The summed E-state index contributed by atoms with van der Waals surface area (Å²) in [4.78, 5) is 2.10.